The van der Waals surface area contributed by atoms with Crippen LogP contribution in [-0.2, 0) is 12.8 Å². The maximum Gasteiger partial charge on any atom is 0.0102 e. The Morgan fingerprint density at radius 2 is 1.40 bits per heavy atom. The molecule has 0 N–H and O–H groups in total. The van der Waals surface area contributed by atoms with Crippen LogP contribution in [0.1, 0.15) is 16.7 Å². The van der Waals surface area contributed by atoms with E-state index < -0.39 is 0 Å². The van der Waals surface area contributed by atoms with Gasteiger partial charge in [-0.05, 0) is 41.9 Å². The minimum absolute atomic E-state index is 0.216. The van der Waals surface area contributed by atoms with Gasteiger partial charge in [-0.3, -0.25) is 0 Å². The van der Waals surface area contributed by atoms with Gasteiger partial charge in [0, 0.05) is 10.7 Å². The smallest absolute Gasteiger partial charge is 0.0102 e. The van der Waals surface area contributed by atoms with Gasteiger partial charge in [0.05, 0.1) is 0 Å². The first kappa shape index (κ1) is 15.8. The summed E-state index contributed by atoms with van der Waals surface area (Å²) in [6.07, 6.45) is 2.17. The van der Waals surface area contributed by atoms with Crippen LogP contribution in [0.5, 0.6) is 0 Å². The summed E-state index contributed by atoms with van der Waals surface area (Å²) >= 11 is 7.49. The van der Waals surface area contributed by atoms with Crippen LogP contribution >= 0.6 is 31.9 Å². The number of aryl methyl sites for hydroxylation is 1. The minimum Gasteiger partial charge on any atom is -0.0921 e. The first-order valence-corrected chi connectivity index (χ1v) is 9.14. The van der Waals surface area contributed by atoms with Gasteiger partial charge in [-0.15, -0.1) is 0 Å². The summed E-state index contributed by atoms with van der Waals surface area (Å²) in [6, 6.07) is 19.5. The average Bonchev–Trinajstić information content (AvgIpc) is 2.50. The second kappa shape index (κ2) is 7.42. The van der Waals surface area contributed by atoms with Crippen molar-refractivity contribution in [3.63, 3.8) is 0 Å². The van der Waals surface area contributed by atoms with Crippen LogP contribution in [0.2, 0.25) is 0 Å². The molecule has 0 aliphatic carbocycles. The van der Waals surface area contributed by atoms with Crippen LogP contribution in [-0.4, -0.2) is 10.7 Å². The predicted molar refractivity (Wildman–Crippen MR) is 95.1 cm³/mol. The highest BCUT2D eigenvalue weighted by molar-refractivity contribution is 9.09. The zero-order valence-corrected chi connectivity index (χ0v) is 15.0. The Morgan fingerprint density at radius 3 is 2.00 bits per heavy atom. The van der Waals surface area contributed by atoms with Gasteiger partial charge < -0.3 is 0 Å². The SMILES string of the molecule is Cc1ccccc1CC(CBr)(CBr)Cc1ccccc1. The number of rotatable bonds is 6. The Kier molecular flexibility index (Phi) is 5.86. The van der Waals surface area contributed by atoms with Gasteiger partial charge in [-0.2, -0.15) is 0 Å². The summed E-state index contributed by atoms with van der Waals surface area (Å²) in [6.45, 7) is 2.20. The molecule has 2 aromatic carbocycles. The molecule has 0 amide bonds. The van der Waals surface area contributed by atoms with Gasteiger partial charge in [-0.1, -0.05) is 86.5 Å². The molecule has 0 saturated carbocycles. The standard InChI is InChI=1S/C18H20Br2/c1-15-7-5-6-10-17(15)12-18(13-19,14-20)11-16-8-3-2-4-9-16/h2-10H,11-14H2,1H3. The molecular weight excluding hydrogens is 376 g/mol. The summed E-state index contributed by atoms with van der Waals surface area (Å²) in [5.41, 5.74) is 4.45. The molecule has 0 radical (unpaired) electrons. The van der Waals surface area contributed by atoms with Crippen molar-refractivity contribution in [2.75, 3.05) is 10.7 Å². The molecule has 106 valence electrons. The average molecular weight is 396 g/mol. The lowest BCUT2D eigenvalue weighted by Gasteiger charge is -2.31. The molecule has 0 spiro atoms. The Balaban J connectivity index is 2.23. The Morgan fingerprint density at radius 1 is 0.800 bits per heavy atom. The van der Waals surface area contributed by atoms with Crippen molar-refractivity contribution in [2.24, 2.45) is 5.41 Å². The van der Waals surface area contributed by atoms with Crippen molar-refractivity contribution in [2.45, 2.75) is 19.8 Å². The third kappa shape index (κ3) is 3.95. The molecule has 0 aromatic heterocycles. The lowest BCUT2D eigenvalue weighted by atomic mass is 9.79. The van der Waals surface area contributed by atoms with E-state index in [1.165, 1.54) is 16.7 Å². The molecule has 0 nitrogen and oxygen atoms in total. The quantitative estimate of drug-likeness (QED) is 0.562. The second-order valence-electron chi connectivity index (χ2n) is 5.53. The van der Waals surface area contributed by atoms with E-state index in [1.807, 2.05) is 0 Å². The van der Waals surface area contributed by atoms with E-state index in [2.05, 4.69) is 93.4 Å². The Bertz CT molecular complexity index is 530. The number of alkyl halides is 2. The molecule has 0 unspecified atom stereocenters. The van der Waals surface area contributed by atoms with E-state index in [-0.39, 0.29) is 5.41 Å². The summed E-state index contributed by atoms with van der Waals surface area (Å²) in [5.74, 6) is 0. The molecule has 20 heavy (non-hydrogen) atoms. The topological polar surface area (TPSA) is 0 Å². The van der Waals surface area contributed by atoms with Crippen molar-refractivity contribution in [1.29, 1.82) is 0 Å². The third-order valence-corrected chi connectivity index (χ3v) is 6.19. The van der Waals surface area contributed by atoms with Gasteiger partial charge >= 0.3 is 0 Å². The fraction of sp³-hybridized carbons (Fsp3) is 0.333. The molecule has 0 aliphatic rings. The molecule has 0 heterocycles. The van der Waals surface area contributed by atoms with Crippen molar-refractivity contribution in [1.82, 2.24) is 0 Å². The van der Waals surface area contributed by atoms with Gasteiger partial charge in [0.1, 0.15) is 0 Å². The van der Waals surface area contributed by atoms with E-state index in [4.69, 9.17) is 0 Å². The van der Waals surface area contributed by atoms with E-state index >= 15 is 0 Å². The van der Waals surface area contributed by atoms with Crippen molar-refractivity contribution >= 4 is 31.9 Å². The molecule has 2 heteroatoms. The van der Waals surface area contributed by atoms with Crippen molar-refractivity contribution in [3.8, 4) is 0 Å². The molecular formula is C18H20Br2. The zero-order chi connectivity index (χ0) is 14.4. The van der Waals surface area contributed by atoms with E-state index in [0.29, 0.717) is 0 Å². The Hall–Kier alpha value is -0.600. The predicted octanol–water partition coefficient (Wildman–Crippen LogP) is 5.56. The van der Waals surface area contributed by atoms with Crippen LogP contribution < -0.4 is 0 Å². The van der Waals surface area contributed by atoms with Gasteiger partial charge in [0.25, 0.3) is 0 Å². The molecule has 0 saturated heterocycles. The molecule has 2 rings (SSSR count). The number of benzene rings is 2. The molecule has 0 fully saturated rings. The van der Waals surface area contributed by atoms with E-state index in [9.17, 15) is 0 Å². The zero-order valence-electron chi connectivity index (χ0n) is 11.8. The third-order valence-electron chi connectivity index (χ3n) is 3.82. The van der Waals surface area contributed by atoms with E-state index in [0.717, 1.165) is 23.5 Å². The summed E-state index contributed by atoms with van der Waals surface area (Å²) < 4.78 is 0. The number of hydrogen-bond donors (Lipinski definition) is 0. The van der Waals surface area contributed by atoms with Crippen LogP contribution in [0, 0.1) is 12.3 Å². The minimum atomic E-state index is 0.216. The number of halogens is 2. The maximum atomic E-state index is 3.74. The summed E-state index contributed by atoms with van der Waals surface area (Å²) in [5, 5.41) is 1.99. The molecule has 0 aliphatic heterocycles. The van der Waals surface area contributed by atoms with Crippen LogP contribution in [0.3, 0.4) is 0 Å². The molecule has 2 aromatic rings. The molecule has 0 bridgehead atoms. The second-order valence-corrected chi connectivity index (χ2v) is 6.65. The lowest BCUT2D eigenvalue weighted by molar-refractivity contribution is 0.385. The van der Waals surface area contributed by atoms with Crippen molar-refractivity contribution < 1.29 is 0 Å². The largest absolute Gasteiger partial charge is 0.0921 e. The monoisotopic (exact) mass is 394 g/mol. The fourth-order valence-corrected chi connectivity index (χ4v) is 4.25. The maximum absolute atomic E-state index is 3.74. The van der Waals surface area contributed by atoms with Crippen LogP contribution in [0.25, 0.3) is 0 Å². The Labute approximate surface area is 138 Å². The fourth-order valence-electron chi connectivity index (χ4n) is 2.53. The molecule has 0 atom stereocenters. The first-order valence-electron chi connectivity index (χ1n) is 6.89. The van der Waals surface area contributed by atoms with Crippen LogP contribution in [0.4, 0.5) is 0 Å². The van der Waals surface area contributed by atoms with Crippen LogP contribution in [0.15, 0.2) is 54.6 Å². The normalized spacial score (nSPS) is 11.6. The summed E-state index contributed by atoms with van der Waals surface area (Å²) in [4.78, 5) is 0. The van der Waals surface area contributed by atoms with E-state index in [1.54, 1.807) is 0 Å². The summed E-state index contributed by atoms with van der Waals surface area (Å²) in [7, 11) is 0. The number of hydrogen-bond acceptors (Lipinski definition) is 0. The van der Waals surface area contributed by atoms with Crippen molar-refractivity contribution in [3.05, 3.63) is 71.3 Å². The lowest BCUT2D eigenvalue weighted by Crippen LogP contribution is -2.30. The van der Waals surface area contributed by atoms with Gasteiger partial charge in [-0.25, -0.2) is 0 Å². The highest BCUT2D eigenvalue weighted by Crippen LogP contribution is 2.33. The highest BCUT2D eigenvalue weighted by Gasteiger charge is 2.29. The highest BCUT2D eigenvalue weighted by atomic mass is 79.9. The first-order chi connectivity index (χ1) is 9.69. The van der Waals surface area contributed by atoms with Gasteiger partial charge in [0.2, 0.25) is 0 Å². The van der Waals surface area contributed by atoms with Gasteiger partial charge in [0.15, 0.2) is 0 Å².